The summed E-state index contributed by atoms with van der Waals surface area (Å²) in [6.45, 7) is 1.94. The van der Waals surface area contributed by atoms with E-state index in [1.54, 1.807) is 24.3 Å². The van der Waals surface area contributed by atoms with Crippen LogP contribution < -0.4 is 10.2 Å². The first-order chi connectivity index (χ1) is 13.7. The van der Waals surface area contributed by atoms with E-state index >= 15 is 0 Å². The third-order valence-corrected chi connectivity index (χ3v) is 4.80. The van der Waals surface area contributed by atoms with Gasteiger partial charge in [0.05, 0.1) is 0 Å². The second kappa shape index (κ2) is 8.17. The Morgan fingerprint density at radius 1 is 1.00 bits per heavy atom. The summed E-state index contributed by atoms with van der Waals surface area (Å²) in [4.78, 5) is 24.0. The largest absolute Gasteiger partial charge is 0.356 e. The van der Waals surface area contributed by atoms with Crippen molar-refractivity contribution in [3.63, 3.8) is 0 Å². The van der Waals surface area contributed by atoms with Gasteiger partial charge in [-0.05, 0) is 18.9 Å². The maximum absolute atomic E-state index is 13.8. The second-order valence-corrected chi connectivity index (χ2v) is 6.77. The molecule has 0 spiro atoms. The summed E-state index contributed by atoms with van der Waals surface area (Å²) in [5.74, 6) is 0.583. The Labute approximate surface area is 163 Å². The maximum atomic E-state index is 13.8. The molecule has 142 valence electrons. The fourth-order valence-corrected chi connectivity index (χ4v) is 3.28. The van der Waals surface area contributed by atoms with E-state index in [-0.39, 0.29) is 24.0 Å². The van der Waals surface area contributed by atoms with Crippen LogP contribution in [0.15, 0.2) is 60.7 Å². The number of amides is 1. The van der Waals surface area contributed by atoms with E-state index in [0.29, 0.717) is 11.4 Å². The minimum atomic E-state index is -0.344. The van der Waals surface area contributed by atoms with Crippen molar-refractivity contribution >= 4 is 11.7 Å². The zero-order valence-corrected chi connectivity index (χ0v) is 15.4. The van der Waals surface area contributed by atoms with Gasteiger partial charge in [-0.15, -0.1) is 0 Å². The molecule has 2 heterocycles. The molecule has 0 bridgehead atoms. The number of nitrogens with one attached hydrogen (secondary N) is 1. The minimum Gasteiger partial charge on any atom is -0.356 e. The maximum Gasteiger partial charge on any atom is 0.270 e. The zero-order chi connectivity index (χ0) is 19.3. The highest BCUT2D eigenvalue weighted by Gasteiger charge is 2.19. The Balaban J connectivity index is 1.62. The number of aromatic nitrogens is 2. The van der Waals surface area contributed by atoms with Crippen LogP contribution in [-0.4, -0.2) is 29.0 Å². The highest BCUT2D eigenvalue weighted by molar-refractivity contribution is 5.93. The van der Waals surface area contributed by atoms with E-state index in [2.05, 4.69) is 20.2 Å². The molecular weight excluding hydrogens is 355 g/mol. The fraction of sp³-hybridized carbons (Fsp3) is 0.227. The fourth-order valence-electron chi connectivity index (χ4n) is 3.28. The summed E-state index contributed by atoms with van der Waals surface area (Å²) in [5.41, 5.74) is 1.58. The van der Waals surface area contributed by atoms with Gasteiger partial charge in [0.15, 0.2) is 5.82 Å². The van der Waals surface area contributed by atoms with Crippen LogP contribution in [0, 0.1) is 5.82 Å². The Hall–Kier alpha value is -3.28. The van der Waals surface area contributed by atoms with Gasteiger partial charge in [-0.25, -0.2) is 14.4 Å². The normalized spacial score (nSPS) is 13.5. The number of halogens is 1. The molecule has 3 aromatic rings. The van der Waals surface area contributed by atoms with Crippen LogP contribution in [0.3, 0.4) is 0 Å². The number of hydrogen-bond acceptors (Lipinski definition) is 4. The lowest BCUT2D eigenvalue weighted by molar-refractivity contribution is 0.0945. The van der Waals surface area contributed by atoms with Crippen molar-refractivity contribution in [3.8, 4) is 11.4 Å². The molecule has 1 aliphatic rings. The van der Waals surface area contributed by atoms with Crippen LogP contribution in [0.25, 0.3) is 11.4 Å². The molecule has 1 aromatic heterocycles. The van der Waals surface area contributed by atoms with E-state index in [1.807, 2.05) is 30.3 Å². The summed E-state index contributed by atoms with van der Waals surface area (Å²) in [5, 5.41) is 2.76. The number of carbonyl (C=O) groups excluding carboxylic acids is 1. The molecule has 0 saturated carbocycles. The van der Waals surface area contributed by atoms with Crippen molar-refractivity contribution in [1.29, 1.82) is 0 Å². The van der Waals surface area contributed by atoms with Gasteiger partial charge < -0.3 is 10.2 Å². The van der Waals surface area contributed by atoms with Gasteiger partial charge in [0.25, 0.3) is 5.91 Å². The predicted molar refractivity (Wildman–Crippen MR) is 106 cm³/mol. The molecule has 1 saturated heterocycles. The van der Waals surface area contributed by atoms with Crippen LogP contribution >= 0.6 is 0 Å². The minimum absolute atomic E-state index is 0.106. The SMILES string of the molecule is O=C(NCc1ccccc1F)c1cc(N2CCCC2)nc(-c2ccccc2)n1. The Kier molecular flexibility index (Phi) is 5.28. The van der Waals surface area contributed by atoms with Gasteiger partial charge >= 0.3 is 0 Å². The lowest BCUT2D eigenvalue weighted by atomic mass is 10.2. The summed E-state index contributed by atoms with van der Waals surface area (Å²) in [6.07, 6.45) is 2.22. The number of nitrogens with zero attached hydrogens (tertiary/aromatic N) is 3. The van der Waals surface area contributed by atoms with E-state index in [0.717, 1.165) is 37.3 Å². The highest BCUT2D eigenvalue weighted by atomic mass is 19.1. The van der Waals surface area contributed by atoms with E-state index in [1.165, 1.54) is 6.07 Å². The molecule has 5 nitrogen and oxygen atoms in total. The summed E-state index contributed by atoms with van der Waals surface area (Å²) >= 11 is 0. The van der Waals surface area contributed by atoms with Crippen molar-refractivity contribution in [2.45, 2.75) is 19.4 Å². The van der Waals surface area contributed by atoms with E-state index < -0.39 is 0 Å². The van der Waals surface area contributed by atoms with Gasteiger partial charge in [0.1, 0.15) is 17.3 Å². The molecule has 1 N–H and O–H groups in total. The molecule has 1 fully saturated rings. The Morgan fingerprint density at radius 3 is 2.46 bits per heavy atom. The topological polar surface area (TPSA) is 58.1 Å². The number of hydrogen-bond donors (Lipinski definition) is 1. The first kappa shape index (κ1) is 18.1. The molecule has 1 amide bonds. The van der Waals surface area contributed by atoms with Crippen LogP contribution in [-0.2, 0) is 6.54 Å². The Bertz CT molecular complexity index is 971. The quantitative estimate of drug-likeness (QED) is 0.736. The summed E-state index contributed by atoms with van der Waals surface area (Å²) < 4.78 is 13.8. The number of carbonyl (C=O) groups is 1. The average Bonchev–Trinajstić information content (AvgIpc) is 3.28. The molecular formula is C22H21FN4O. The summed E-state index contributed by atoms with van der Waals surface area (Å²) in [7, 11) is 0. The first-order valence-corrected chi connectivity index (χ1v) is 9.42. The van der Waals surface area contributed by atoms with Gasteiger partial charge in [0, 0.05) is 36.8 Å². The molecule has 1 aliphatic heterocycles. The molecule has 0 atom stereocenters. The standard InChI is InChI=1S/C22H21FN4O/c23-18-11-5-4-10-17(18)15-24-22(28)19-14-20(27-12-6-7-13-27)26-21(25-19)16-8-2-1-3-9-16/h1-5,8-11,14H,6-7,12-13,15H2,(H,24,28). The number of rotatable bonds is 5. The van der Waals surface area contributed by atoms with Gasteiger partial charge in [-0.2, -0.15) is 0 Å². The predicted octanol–water partition coefficient (Wildman–Crippen LogP) is 3.81. The highest BCUT2D eigenvalue weighted by Crippen LogP contribution is 2.23. The van der Waals surface area contributed by atoms with Gasteiger partial charge in [-0.3, -0.25) is 4.79 Å². The van der Waals surface area contributed by atoms with Gasteiger partial charge in [-0.1, -0.05) is 48.5 Å². The van der Waals surface area contributed by atoms with Crippen LogP contribution in [0.2, 0.25) is 0 Å². The lowest BCUT2D eigenvalue weighted by Gasteiger charge is -2.18. The van der Waals surface area contributed by atoms with Crippen molar-refractivity contribution < 1.29 is 9.18 Å². The smallest absolute Gasteiger partial charge is 0.270 e. The van der Waals surface area contributed by atoms with Crippen LogP contribution in [0.4, 0.5) is 10.2 Å². The molecule has 0 unspecified atom stereocenters. The van der Waals surface area contributed by atoms with Crippen molar-refractivity contribution in [3.05, 3.63) is 77.7 Å². The third kappa shape index (κ3) is 4.01. The third-order valence-electron chi connectivity index (χ3n) is 4.80. The van der Waals surface area contributed by atoms with E-state index in [9.17, 15) is 9.18 Å². The monoisotopic (exact) mass is 376 g/mol. The second-order valence-electron chi connectivity index (χ2n) is 6.77. The molecule has 2 aromatic carbocycles. The molecule has 28 heavy (non-hydrogen) atoms. The molecule has 0 aliphatic carbocycles. The zero-order valence-electron chi connectivity index (χ0n) is 15.4. The summed E-state index contributed by atoms with van der Waals surface area (Å²) in [6, 6.07) is 17.7. The molecule has 0 radical (unpaired) electrons. The van der Waals surface area contributed by atoms with Crippen molar-refractivity contribution in [1.82, 2.24) is 15.3 Å². The average molecular weight is 376 g/mol. The lowest BCUT2D eigenvalue weighted by Crippen LogP contribution is -2.26. The van der Waals surface area contributed by atoms with Crippen molar-refractivity contribution in [2.24, 2.45) is 0 Å². The molecule has 6 heteroatoms. The van der Waals surface area contributed by atoms with Crippen LogP contribution in [0.1, 0.15) is 28.9 Å². The van der Waals surface area contributed by atoms with Gasteiger partial charge in [0.2, 0.25) is 0 Å². The van der Waals surface area contributed by atoms with E-state index in [4.69, 9.17) is 0 Å². The van der Waals surface area contributed by atoms with Crippen molar-refractivity contribution in [2.75, 3.05) is 18.0 Å². The molecule has 4 rings (SSSR count). The number of anilines is 1. The number of benzene rings is 2. The van der Waals surface area contributed by atoms with Crippen LogP contribution in [0.5, 0.6) is 0 Å². The first-order valence-electron chi connectivity index (χ1n) is 9.42. The Morgan fingerprint density at radius 2 is 1.71 bits per heavy atom.